The van der Waals surface area contributed by atoms with Gasteiger partial charge in [-0.15, -0.1) is 0 Å². The molecule has 0 saturated heterocycles. The van der Waals surface area contributed by atoms with Crippen molar-refractivity contribution in [1.82, 2.24) is 0 Å². The molecule has 166 valence electrons. The molecule has 0 aromatic heterocycles. The van der Waals surface area contributed by atoms with Gasteiger partial charge in [0.1, 0.15) is 5.82 Å². The second-order valence-corrected chi connectivity index (χ2v) is 11.3. The van der Waals surface area contributed by atoms with Crippen molar-refractivity contribution in [2.75, 3.05) is 0 Å². The van der Waals surface area contributed by atoms with Crippen molar-refractivity contribution in [2.24, 2.45) is 16.7 Å². The Hall–Kier alpha value is -2.20. The highest BCUT2D eigenvalue weighted by Gasteiger charge is 2.60. The van der Waals surface area contributed by atoms with Crippen molar-refractivity contribution in [3.05, 3.63) is 59.9 Å². The predicted molar refractivity (Wildman–Crippen MR) is 118 cm³/mol. The average molecular weight is 424 g/mol. The highest BCUT2D eigenvalue weighted by atomic mass is 19.1. The monoisotopic (exact) mass is 423 g/mol. The van der Waals surface area contributed by atoms with Crippen LogP contribution in [0.15, 0.2) is 48.5 Å². The lowest BCUT2D eigenvalue weighted by Crippen LogP contribution is -2.80. The summed E-state index contributed by atoms with van der Waals surface area (Å²) in [6.07, 6.45) is 8.73. The Kier molecular flexibility index (Phi) is 5.49. The Morgan fingerprint density at radius 2 is 1.65 bits per heavy atom. The molecule has 31 heavy (non-hydrogen) atoms. The molecule has 4 aliphatic rings. The molecular weight excluding hydrogens is 389 g/mol. The third-order valence-electron chi connectivity index (χ3n) is 7.67. The van der Waals surface area contributed by atoms with Gasteiger partial charge in [0, 0.05) is 36.7 Å². The summed E-state index contributed by atoms with van der Waals surface area (Å²) < 4.78 is 13.9. The zero-order valence-corrected chi connectivity index (χ0v) is 18.9. The van der Waals surface area contributed by atoms with E-state index in [-0.39, 0.29) is 0 Å². The molecule has 0 aliphatic heterocycles. The summed E-state index contributed by atoms with van der Waals surface area (Å²) in [5.41, 5.74) is 7.96. The number of carbonyl (C=O) groups is 1. The number of benzene rings is 2. The summed E-state index contributed by atoms with van der Waals surface area (Å²) in [5, 5.41) is 10.7. The molecule has 4 fully saturated rings. The van der Waals surface area contributed by atoms with Crippen molar-refractivity contribution >= 4 is 5.97 Å². The fraction of sp³-hybridized carbons (Fsp3) is 0.519. The number of rotatable bonds is 3. The second-order valence-electron chi connectivity index (χ2n) is 11.3. The number of carboxylic acids is 1. The molecule has 6 rings (SSSR count). The molecule has 3 nitrogen and oxygen atoms in total. The van der Waals surface area contributed by atoms with E-state index in [0.29, 0.717) is 27.5 Å². The minimum atomic E-state index is -1.21. The first-order valence-corrected chi connectivity index (χ1v) is 11.4. The third kappa shape index (κ3) is 4.55. The Morgan fingerprint density at radius 3 is 2.13 bits per heavy atom. The minimum absolute atomic E-state index is 0.409. The molecule has 4 bridgehead atoms. The second kappa shape index (κ2) is 7.74. The normalized spacial score (nSPS) is 34.0. The van der Waals surface area contributed by atoms with Crippen LogP contribution in [0.3, 0.4) is 0 Å². The molecule has 4 heteroatoms. The Labute approximate surface area is 184 Å². The van der Waals surface area contributed by atoms with Crippen LogP contribution in [0.2, 0.25) is 0 Å². The van der Waals surface area contributed by atoms with Gasteiger partial charge in [-0.05, 0) is 53.2 Å². The fourth-order valence-electron chi connectivity index (χ4n) is 7.47. The largest absolute Gasteiger partial charge is 0.550 e. The van der Waals surface area contributed by atoms with Crippen LogP contribution in [0.25, 0.3) is 11.1 Å². The highest BCUT2D eigenvalue weighted by molar-refractivity contribution is 5.74. The lowest BCUT2D eigenvalue weighted by atomic mass is 9.43. The summed E-state index contributed by atoms with van der Waals surface area (Å²) in [7, 11) is 0. The van der Waals surface area contributed by atoms with E-state index in [9.17, 15) is 14.3 Å². The number of carbonyl (C=O) groups excluding carboxylic acids is 1. The van der Waals surface area contributed by atoms with E-state index in [1.54, 1.807) is 24.3 Å². The van der Waals surface area contributed by atoms with Crippen LogP contribution in [0.4, 0.5) is 4.39 Å². The maximum absolute atomic E-state index is 13.9. The number of aliphatic carboxylic acids is 1. The van der Waals surface area contributed by atoms with Gasteiger partial charge in [0.2, 0.25) is 0 Å². The summed E-state index contributed by atoms with van der Waals surface area (Å²) >= 11 is 0. The lowest BCUT2D eigenvalue weighted by molar-refractivity contribution is -0.514. The first kappa shape index (κ1) is 22.0. The van der Waals surface area contributed by atoms with E-state index in [1.807, 2.05) is 18.2 Å². The van der Waals surface area contributed by atoms with Crippen molar-refractivity contribution in [3.63, 3.8) is 0 Å². The molecule has 0 spiro atoms. The Balaban J connectivity index is 0.000000156. The number of hydrogen-bond acceptors (Lipinski definition) is 2. The van der Waals surface area contributed by atoms with E-state index in [4.69, 9.17) is 0 Å². The molecule has 2 aromatic rings. The van der Waals surface area contributed by atoms with Gasteiger partial charge in [-0.1, -0.05) is 63.2 Å². The van der Waals surface area contributed by atoms with Crippen molar-refractivity contribution in [2.45, 2.75) is 70.8 Å². The van der Waals surface area contributed by atoms with Crippen LogP contribution >= 0.6 is 0 Å². The molecule has 0 radical (unpaired) electrons. The molecule has 3 unspecified atom stereocenters. The zero-order valence-electron chi connectivity index (χ0n) is 18.9. The maximum atomic E-state index is 13.9. The third-order valence-corrected chi connectivity index (χ3v) is 7.67. The van der Waals surface area contributed by atoms with Gasteiger partial charge in [-0.3, -0.25) is 0 Å². The van der Waals surface area contributed by atoms with Gasteiger partial charge in [0.05, 0.1) is 5.54 Å². The summed E-state index contributed by atoms with van der Waals surface area (Å²) in [5.74, 6) is -1.43. The standard InChI is InChI=1S/C15H13FO2.C12H21N/c1-10(15(17)18)12-7-8-13(14(16)9-12)11-5-3-2-4-6-11;1-10-3-9-4-11(2,6-10)8-12(13,5-9)7-10/h2-10H,1H3,(H,17,18);9H,3-8,13H2,1-2H3. The topological polar surface area (TPSA) is 67.8 Å². The van der Waals surface area contributed by atoms with Crippen LogP contribution < -0.4 is 10.8 Å². The quantitative estimate of drug-likeness (QED) is 0.799. The van der Waals surface area contributed by atoms with Crippen LogP contribution in [0.5, 0.6) is 0 Å². The van der Waals surface area contributed by atoms with E-state index in [0.717, 1.165) is 11.5 Å². The molecule has 4 aliphatic carbocycles. The van der Waals surface area contributed by atoms with Gasteiger partial charge in [-0.2, -0.15) is 0 Å². The maximum Gasteiger partial charge on any atom is 0.131 e. The Morgan fingerprint density at radius 1 is 1.03 bits per heavy atom. The molecular formula is C27H34FNO2. The summed E-state index contributed by atoms with van der Waals surface area (Å²) in [6.45, 7) is 6.50. The fourth-order valence-corrected chi connectivity index (χ4v) is 7.47. The van der Waals surface area contributed by atoms with Gasteiger partial charge < -0.3 is 15.6 Å². The number of carboxylic acid groups (broad SMARTS) is 1. The van der Waals surface area contributed by atoms with E-state index >= 15 is 0 Å². The molecule has 0 amide bonds. The number of hydrogen-bond donors (Lipinski definition) is 1. The smallest absolute Gasteiger partial charge is 0.131 e. The van der Waals surface area contributed by atoms with Crippen LogP contribution in [-0.2, 0) is 4.79 Å². The van der Waals surface area contributed by atoms with E-state index < -0.39 is 17.7 Å². The number of quaternary nitrogens is 1. The SMILES string of the molecule is CC(C(=O)[O-])c1ccc(-c2ccccc2)c(F)c1.CC12CC3CC(C)(C1)CC([NH3+])(C3)C2. The van der Waals surface area contributed by atoms with Crippen LogP contribution in [0, 0.1) is 22.6 Å². The first-order valence-electron chi connectivity index (χ1n) is 11.4. The van der Waals surface area contributed by atoms with Crippen LogP contribution in [-0.4, -0.2) is 11.5 Å². The predicted octanol–water partition coefficient (Wildman–Crippen LogP) is 4.32. The summed E-state index contributed by atoms with van der Waals surface area (Å²) in [6, 6.07) is 13.6. The van der Waals surface area contributed by atoms with E-state index in [2.05, 4.69) is 19.6 Å². The minimum Gasteiger partial charge on any atom is -0.550 e. The zero-order chi connectivity index (χ0) is 22.4. The molecule has 3 N–H and O–H groups in total. The lowest BCUT2D eigenvalue weighted by Gasteiger charge is -2.62. The van der Waals surface area contributed by atoms with Gasteiger partial charge in [0.25, 0.3) is 0 Å². The highest BCUT2D eigenvalue weighted by Crippen LogP contribution is 2.64. The van der Waals surface area contributed by atoms with Gasteiger partial charge >= 0.3 is 0 Å². The first-order chi connectivity index (χ1) is 14.5. The van der Waals surface area contributed by atoms with E-state index in [1.165, 1.54) is 51.5 Å². The average Bonchev–Trinajstić information content (AvgIpc) is 2.64. The summed E-state index contributed by atoms with van der Waals surface area (Å²) in [4.78, 5) is 10.7. The van der Waals surface area contributed by atoms with Crippen molar-refractivity contribution < 1.29 is 20.0 Å². The van der Waals surface area contributed by atoms with Crippen molar-refractivity contribution in [1.29, 1.82) is 0 Å². The molecule has 0 heterocycles. The van der Waals surface area contributed by atoms with Crippen molar-refractivity contribution in [3.8, 4) is 11.1 Å². The molecule has 2 aromatic carbocycles. The number of halogens is 1. The van der Waals surface area contributed by atoms with Gasteiger partial charge in [-0.25, -0.2) is 4.39 Å². The Bertz CT molecular complexity index is 922. The van der Waals surface area contributed by atoms with Gasteiger partial charge in [0.15, 0.2) is 0 Å². The van der Waals surface area contributed by atoms with Crippen LogP contribution in [0.1, 0.15) is 70.8 Å². The molecule has 3 atom stereocenters. The molecule has 4 saturated carbocycles.